The summed E-state index contributed by atoms with van der Waals surface area (Å²) in [6.07, 6.45) is -11.6. The number of ether oxygens (including phenoxy) is 1. The molecule has 35 heavy (non-hydrogen) atoms. The standard InChI is InChI=1S/C15H20F13NO5Si/c1-31-35(32-2,33-3)8-4-6-29-9(30)34-7-5-10(16,17)11(18,19)12(20,21)13(22,23)14(24,25)15(26,27)28/h4-8H2,1-3H3,(H,29,30). The lowest BCUT2D eigenvalue weighted by Crippen LogP contribution is -2.70. The van der Waals surface area contributed by atoms with Gasteiger partial charge in [0.15, 0.2) is 0 Å². The Morgan fingerprint density at radius 3 is 1.54 bits per heavy atom. The van der Waals surface area contributed by atoms with Gasteiger partial charge in [-0.05, 0) is 6.42 Å². The van der Waals surface area contributed by atoms with Gasteiger partial charge in [-0.3, -0.25) is 0 Å². The molecule has 0 spiro atoms. The van der Waals surface area contributed by atoms with Crippen LogP contribution in [0.2, 0.25) is 6.04 Å². The van der Waals surface area contributed by atoms with Crippen LogP contribution in [0.3, 0.4) is 0 Å². The molecule has 0 aliphatic heterocycles. The molecule has 6 nitrogen and oxygen atoms in total. The maximum Gasteiger partial charge on any atom is 0.500 e. The molecule has 0 aromatic heterocycles. The maximum atomic E-state index is 13.6. The Hall–Kier alpha value is -1.54. The van der Waals surface area contributed by atoms with Crippen molar-refractivity contribution in [1.82, 2.24) is 5.32 Å². The van der Waals surface area contributed by atoms with Crippen LogP contribution in [0.5, 0.6) is 0 Å². The second-order valence-electron chi connectivity index (χ2n) is 6.71. The van der Waals surface area contributed by atoms with Crippen LogP contribution in [0, 0.1) is 0 Å². The Balaban J connectivity index is 5.14. The predicted molar refractivity (Wildman–Crippen MR) is 91.0 cm³/mol. The van der Waals surface area contributed by atoms with Gasteiger partial charge in [-0.15, -0.1) is 0 Å². The lowest BCUT2D eigenvalue weighted by Gasteiger charge is -2.39. The van der Waals surface area contributed by atoms with Crippen molar-refractivity contribution >= 4 is 14.9 Å². The molecule has 0 aromatic carbocycles. The van der Waals surface area contributed by atoms with Crippen molar-refractivity contribution in [2.45, 2.75) is 54.7 Å². The average Bonchev–Trinajstić information content (AvgIpc) is 2.73. The minimum atomic E-state index is -7.98. The van der Waals surface area contributed by atoms with E-state index in [-0.39, 0.29) is 19.0 Å². The van der Waals surface area contributed by atoms with Gasteiger partial charge in [0, 0.05) is 33.9 Å². The van der Waals surface area contributed by atoms with Crippen LogP contribution in [0.25, 0.3) is 0 Å². The third-order valence-corrected chi connectivity index (χ3v) is 7.34. The summed E-state index contributed by atoms with van der Waals surface area (Å²) in [4.78, 5) is 11.4. The van der Waals surface area contributed by atoms with Gasteiger partial charge in [-0.2, -0.15) is 57.1 Å². The van der Waals surface area contributed by atoms with Gasteiger partial charge in [0.25, 0.3) is 0 Å². The fourth-order valence-corrected chi connectivity index (χ4v) is 4.06. The molecule has 0 unspecified atom stereocenters. The quantitative estimate of drug-likeness (QED) is 0.179. The molecule has 0 atom stereocenters. The van der Waals surface area contributed by atoms with Gasteiger partial charge in [0.1, 0.15) is 0 Å². The van der Waals surface area contributed by atoms with E-state index in [1.54, 1.807) is 0 Å². The smallest absolute Gasteiger partial charge is 0.449 e. The van der Waals surface area contributed by atoms with Crippen LogP contribution in [0.1, 0.15) is 12.8 Å². The van der Waals surface area contributed by atoms with Gasteiger partial charge in [0.05, 0.1) is 13.0 Å². The molecule has 0 radical (unpaired) electrons. The minimum Gasteiger partial charge on any atom is -0.449 e. The molecule has 0 rings (SSSR count). The highest BCUT2D eigenvalue weighted by molar-refractivity contribution is 6.60. The molecule has 0 fully saturated rings. The number of hydrogen-bond acceptors (Lipinski definition) is 5. The Labute approximate surface area is 190 Å². The Morgan fingerprint density at radius 1 is 0.714 bits per heavy atom. The normalized spacial score (nSPS) is 14.7. The summed E-state index contributed by atoms with van der Waals surface area (Å²) in [5, 5.41) is 1.91. The third kappa shape index (κ3) is 6.62. The first-order valence-electron chi connectivity index (χ1n) is 9.05. The fourth-order valence-electron chi connectivity index (χ4n) is 2.33. The number of hydrogen-bond donors (Lipinski definition) is 1. The molecular formula is C15H20F13NO5Si. The molecule has 20 heteroatoms. The van der Waals surface area contributed by atoms with Crippen LogP contribution in [0.4, 0.5) is 61.9 Å². The first-order chi connectivity index (χ1) is 15.5. The lowest BCUT2D eigenvalue weighted by atomic mass is 9.93. The number of amides is 1. The number of carbonyl (C=O) groups excluding carboxylic acids is 1. The van der Waals surface area contributed by atoms with E-state index in [1.807, 2.05) is 5.32 Å². The molecule has 0 heterocycles. The van der Waals surface area contributed by atoms with E-state index in [1.165, 1.54) is 21.3 Å². The molecule has 0 aliphatic rings. The monoisotopic (exact) mass is 569 g/mol. The number of rotatable bonds is 14. The topological polar surface area (TPSA) is 66.0 Å². The lowest BCUT2D eigenvalue weighted by molar-refractivity contribution is -0.440. The first-order valence-corrected chi connectivity index (χ1v) is 11.0. The van der Waals surface area contributed by atoms with Gasteiger partial charge < -0.3 is 23.3 Å². The molecule has 210 valence electrons. The van der Waals surface area contributed by atoms with Gasteiger partial charge in [0.2, 0.25) is 0 Å². The molecule has 1 amide bonds. The van der Waals surface area contributed by atoms with Crippen LogP contribution < -0.4 is 5.32 Å². The molecule has 1 N–H and O–H groups in total. The summed E-state index contributed by atoms with van der Waals surface area (Å²) in [5.74, 6) is -37.4. The van der Waals surface area contributed by atoms with E-state index in [0.29, 0.717) is 0 Å². The zero-order valence-corrected chi connectivity index (χ0v) is 19.0. The zero-order valence-electron chi connectivity index (χ0n) is 18.0. The van der Waals surface area contributed by atoms with Crippen LogP contribution in [0.15, 0.2) is 0 Å². The van der Waals surface area contributed by atoms with Crippen LogP contribution in [-0.4, -0.2) is 85.2 Å². The van der Waals surface area contributed by atoms with E-state index in [0.717, 1.165) is 0 Å². The first kappa shape index (κ1) is 33.5. The van der Waals surface area contributed by atoms with Crippen molar-refractivity contribution < 1.29 is 79.9 Å². The number of halogens is 13. The number of alkyl carbamates (subject to hydrolysis) is 1. The number of nitrogens with one attached hydrogen (secondary N) is 1. The van der Waals surface area contributed by atoms with Gasteiger partial charge in [-0.1, -0.05) is 0 Å². The number of alkyl halides is 13. The van der Waals surface area contributed by atoms with Gasteiger partial charge >= 0.3 is 50.7 Å². The fraction of sp³-hybridized carbons (Fsp3) is 0.933. The molecular weight excluding hydrogens is 549 g/mol. The Bertz CT molecular complexity index is 693. The SMILES string of the molecule is CO[Si](CCCNC(=O)OCCC(F)(F)C(F)(F)C(F)(F)C(F)(F)C(F)(F)C(F)(F)F)(OC)OC. The van der Waals surface area contributed by atoms with Crippen LogP contribution in [-0.2, 0) is 18.0 Å². The van der Waals surface area contributed by atoms with Crippen molar-refractivity contribution in [3.8, 4) is 0 Å². The van der Waals surface area contributed by atoms with Crippen molar-refractivity contribution in [3.63, 3.8) is 0 Å². The Morgan fingerprint density at radius 2 is 1.14 bits per heavy atom. The van der Waals surface area contributed by atoms with Crippen molar-refractivity contribution in [3.05, 3.63) is 0 Å². The molecule has 0 aromatic rings. The summed E-state index contributed by atoms with van der Waals surface area (Å²) in [7, 11) is 0.743. The summed E-state index contributed by atoms with van der Waals surface area (Å²) in [6.45, 7) is -2.09. The van der Waals surface area contributed by atoms with E-state index in [4.69, 9.17) is 13.3 Å². The van der Waals surface area contributed by atoms with E-state index in [9.17, 15) is 61.9 Å². The Kier molecular flexibility index (Phi) is 10.7. The minimum absolute atomic E-state index is 0.0831. The highest BCUT2D eigenvalue weighted by Crippen LogP contribution is 2.60. The molecule has 0 saturated carbocycles. The summed E-state index contributed by atoms with van der Waals surface area (Å²) >= 11 is 0. The molecule has 0 aliphatic carbocycles. The van der Waals surface area contributed by atoms with Crippen molar-refractivity contribution in [1.29, 1.82) is 0 Å². The average molecular weight is 569 g/mol. The summed E-state index contributed by atoms with van der Waals surface area (Å²) < 4.78 is 188. The third-order valence-electron chi connectivity index (χ3n) is 4.51. The maximum absolute atomic E-state index is 13.6. The summed E-state index contributed by atoms with van der Waals surface area (Å²) in [5.41, 5.74) is 0. The highest BCUT2D eigenvalue weighted by Gasteiger charge is 2.90. The van der Waals surface area contributed by atoms with E-state index in [2.05, 4.69) is 4.74 Å². The van der Waals surface area contributed by atoms with Gasteiger partial charge in [-0.25, -0.2) is 4.79 Å². The largest absolute Gasteiger partial charge is 0.500 e. The second-order valence-corrected chi connectivity index (χ2v) is 9.80. The highest BCUT2D eigenvalue weighted by atomic mass is 28.4. The predicted octanol–water partition coefficient (Wildman–Crippen LogP) is 5.11. The van der Waals surface area contributed by atoms with E-state index < -0.39 is 63.7 Å². The van der Waals surface area contributed by atoms with Crippen molar-refractivity contribution in [2.24, 2.45) is 0 Å². The number of carbonyl (C=O) groups is 1. The second kappa shape index (κ2) is 11.2. The summed E-state index contributed by atoms with van der Waals surface area (Å²) in [6, 6.07) is 0.118. The van der Waals surface area contributed by atoms with Crippen LogP contribution >= 0.6 is 0 Å². The molecule has 0 saturated heterocycles. The van der Waals surface area contributed by atoms with E-state index >= 15 is 0 Å². The zero-order chi connectivity index (χ0) is 28.1. The molecule has 0 bridgehead atoms. The van der Waals surface area contributed by atoms with Crippen molar-refractivity contribution in [2.75, 3.05) is 34.5 Å².